The minimum atomic E-state index is -4.79. The molecule has 0 aliphatic carbocycles. The highest BCUT2D eigenvalue weighted by Crippen LogP contribution is 2.31. The molecule has 1 atom stereocenters. The zero-order chi connectivity index (χ0) is 23.1. The molecule has 0 aromatic heterocycles. The van der Waals surface area contributed by atoms with Crippen molar-refractivity contribution in [2.75, 3.05) is 5.75 Å². The van der Waals surface area contributed by atoms with Crippen LogP contribution < -0.4 is 4.74 Å². The fourth-order valence-electron chi connectivity index (χ4n) is 3.27. The highest BCUT2D eigenvalue weighted by Gasteiger charge is 2.31. The lowest BCUT2D eigenvalue weighted by atomic mass is 10.1. The fourth-order valence-corrected chi connectivity index (χ4v) is 4.50. The van der Waals surface area contributed by atoms with E-state index in [1.807, 2.05) is 0 Å². The number of benzene rings is 2. The van der Waals surface area contributed by atoms with Gasteiger partial charge in [-0.05, 0) is 66.1 Å². The standard InChI is InChI=1S/C23H21F4NO3S/c24-18-10-8-16(9-11-18)5-3-13-32-21-20(22(29)30)7-2-12-28(21)15-17-4-1-6-19(14-17)31-23(25,26)27/h1-2,4,6-12,14,21H,3,5,13,15H2,(H,29,30). The lowest BCUT2D eigenvalue weighted by Gasteiger charge is -2.33. The van der Waals surface area contributed by atoms with Crippen LogP contribution in [-0.2, 0) is 17.8 Å². The molecule has 0 fully saturated rings. The third kappa shape index (κ3) is 7.05. The Labute approximate surface area is 187 Å². The maximum atomic E-state index is 13.0. The molecular formula is C23H21F4NO3S. The molecule has 0 saturated heterocycles. The average molecular weight is 467 g/mol. The van der Waals surface area contributed by atoms with Crippen molar-refractivity contribution in [3.63, 3.8) is 0 Å². The zero-order valence-electron chi connectivity index (χ0n) is 16.9. The number of ether oxygens (including phenoxy) is 1. The van der Waals surface area contributed by atoms with Gasteiger partial charge in [-0.2, -0.15) is 0 Å². The third-order valence-electron chi connectivity index (χ3n) is 4.66. The number of carboxylic acid groups (broad SMARTS) is 1. The number of nitrogens with zero attached hydrogens (tertiary/aromatic N) is 1. The van der Waals surface area contributed by atoms with Gasteiger partial charge in [0.05, 0.1) is 5.57 Å². The number of aliphatic carboxylic acids is 1. The van der Waals surface area contributed by atoms with Crippen LogP contribution in [0.1, 0.15) is 17.5 Å². The Morgan fingerprint density at radius 3 is 2.56 bits per heavy atom. The monoisotopic (exact) mass is 467 g/mol. The first-order valence-electron chi connectivity index (χ1n) is 9.79. The molecule has 1 aliphatic heterocycles. The Bertz CT molecular complexity index is 989. The van der Waals surface area contributed by atoms with Gasteiger partial charge in [0.15, 0.2) is 0 Å². The molecular weight excluding hydrogens is 446 g/mol. The minimum Gasteiger partial charge on any atom is -0.478 e. The van der Waals surface area contributed by atoms with E-state index in [4.69, 9.17) is 0 Å². The number of allylic oxidation sites excluding steroid dienone is 2. The average Bonchev–Trinajstić information content (AvgIpc) is 2.72. The molecule has 1 aliphatic rings. The largest absolute Gasteiger partial charge is 0.573 e. The molecule has 0 radical (unpaired) electrons. The molecule has 32 heavy (non-hydrogen) atoms. The van der Waals surface area contributed by atoms with Crippen molar-refractivity contribution in [3.05, 3.63) is 89.4 Å². The molecule has 2 aromatic carbocycles. The number of rotatable bonds is 9. The predicted molar refractivity (Wildman–Crippen MR) is 114 cm³/mol. The molecule has 0 bridgehead atoms. The van der Waals surface area contributed by atoms with Crippen LogP contribution in [0.15, 0.2) is 72.5 Å². The second-order valence-corrected chi connectivity index (χ2v) is 8.28. The van der Waals surface area contributed by atoms with E-state index in [2.05, 4.69) is 4.74 Å². The van der Waals surface area contributed by atoms with Crippen molar-refractivity contribution < 1.29 is 32.2 Å². The zero-order valence-corrected chi connectivity index (χ0v) is 17.7. The van der Waals surface area contributed by atoms with Gasteiger partial charge < -0.3 is 14.7 Å². The number of thioether (sulfide) groups is 1. The molecule has 1 unspecified atom stereocenters. The molecule has 1 heterocycles. The molecule has 3 rings (SSSR count). The first-order valence-corrected chi connectivity index (χ1v) is 10.8. The van der Waals surface area contributed by atoms with Crippen LogP contribution in [0, 0.1) is 5.82 Å². The van der Waals surface area contributed by atoms with Gasteiger partial charge >= 0.3 is 12.3 Å². The van der Waals surface area contributed by atoms with E-state index >= 15 is 0 Å². The second-order valence-electron chi connectivity index (χ2n) is 7.09. The van der Waals surface area contributed by atoms with Gasteiger partial charge in [-0.1, -0.05) is 24.3 Å². The maximum Gasteiger partial charge on any atom is 0.573 e. The topological polar surface area (TPSA) is 49.8 Å². The normalized spacial score (nSPS) is 16.1. The van der Waals surface area contributed by atoms with Crippen LogP contribution in [0.3, 0.4) is 0 Å². The Morgan fingerprint density at radius 2 is 1.88 bits per heavy atom. The Morgan fingerprint density at radius 1 is 1.12 bits per heavy atom. The number of hydrogen-bond acceptors (Lipinski definition) is 4. The van der Waals surface area contributed by atoms with Gasteiger partial charge in [-0.3, -0.25) is 0 Å². The molecule has 4 nitrogen and oxygen atoms in total. The SMILES string of the molecule is O=C(O)C1=CC=CN(Cc2cccc(OC(F)(F)F)c2)C1SCCCc1ccc(F)cc1. The molecule has 0 spiro atoms. The van der Waals surface area contributed by atoms with Gasteiger partial charge in [-0.15, -0.1) is 24.9 Å². The van der Waals surface area contributed by atoms with Crippen molar-refractivity contribution in [3.8, 4) is 5.75 Å². The van der Waals surface area contributed by atoms with E-state index in [0.717, 1.165) is 18.4 Å². The first kappa shape index (κ1) is 23.7. The number of carbonyl (C=O) groups is 1. The van der Waals surface area contributed by atoms with Gasteiger partial charge in [0, 0.05) is 12.7 Å². The highest BCUT2D eigenvalue weighted by molar-refractivity contribution is 8.00. The second kappa shape index (κ2) is 10.6. The van der Waals surface area contributed by atoms with E-state index in [1.165, 1.54) is 48.2 Å². The summed E-state index contributed by atoms with van der Waals surface area (Å²) in [5.74, 6) is -1.03. The van der Waals surface area contributed by atoms with Crippen LogP contribution >= 0.6 is 11.8 Å². The number of hydrogen-bond donors (Lipinski definition) is 1. The predicted octanol–water partition coefficient (Wildman–Crippen LogP) is 5.76. The Balaban J connectivity index is 1.65. The summed E-state index contributed by atoms with van der Waals surface area (Å²) < 4.78 is 54.5. The summed E-state index contributed by atoms with van der Waals surface area (Å²) in [6, 6.07) is 11.9. The Hall–Kier alpha value is -2.94. The van der Waals surface area contributed by atoms with Crippen LogP contribution in [0.5, 0.6) is 5.75 Å². The highest BCUT2D eigenvalue weighted by atomic mass is 32.2. The van der Waals surface area contributed by atoms with Crippen LogP contribution in [0.4, 0.5) is 17.6 Å². The molecule has 9 heteroatoms. The minimum absolute atomic E-state index is 0.196. The summed E-state index contributed by atoms with van der Waals surface area (Å²) in [5, 5.41) is 9.10. The van der Waals surface area contributed by atoms with E-state index in [9.17, 15) is 27.5 Å². The van der Waals surface area contributed by atoms with Gasteiger partial charge in [0.25, 0.3) is 0 Å². The van der Waals surface area contributed by atoms with Gasteiger partial charge in [0.1, 0.15) is 16.9 Å². The molecule has 0 amide bonds. The molecule has 1 N–H and O–H groups in total. The summed E-state index contributed by atoms with van der Waals surface area (Å²) in [6.45, 7) is 0.214. The number of aryl methyl sites for hydroxylation is 1. The third-order valence-corrected chi connectivity index (χ3v) is 6.03. The summed E-state index contributed by atoms with van der Waals surface area (Å²) in [6.07, 6.45) is 1.55. The van der Waals surface area contributed by atoms with Gasteiger partial charge in [0.2, 0.25) is 0 Å². The van der Waals surface area contributed by atoms with Gasteiger partial charge in [-0.25, -0.2) is 9.18 Å². The summed E-state index contributed by atoms with van der Waals surface area (Å²) in [4.78, 5) is 13.5. The number of carboxylic acids is 1. The van der Waals surface area contributed by atoms with Crippen molar-refractivity contribution in [2.24, 2.45) is 0 Å². The first-order chi connectivity index (χ1) is 15.2. The van der Waals surface area contributed by atoms with E-state index < -0.39 is 17.7 Å². The summed E-state index contributed by atoms with van der Waals surface area (Å²) in [5.41, 5.74) is 1.74. The lowest BCUT2D eigenvalue weighted by Crippen LogP contribution is -2.34. The van der Waals surface area contributed by atoms with Crippen LogP contribution in [-0.4, -0.2) is 33.5 Å². The van der Waals surface area contributed by atoms with Crippen LogP contribution in [0.2, 0.25) is 0 Å². The summed E-state index contributed by atoms with van der Waals surface area (Å²) in [7, 11) is 0. The Kier molecular flexibility index (Phi) is 7.84. The molecule has 170 valence electrons. The maximum absolute atomic E-state index is 13.0. The van der Waals surface area contributed by atoms with E-state index in [1.54, 1.807) is 35.4 Å². The van der Waals surface area contributed by atoms with E-state index in [-0.39, 0.29) is 23.7 Å². The van der Waals surface area contributed by atoms with Crippen molar-refractivity contribution in [1.29, 1.82) is 0 Å². The molecule has 0 saturated carbocycles. The number of halogens is 4. The smallest absolute Gasteiger partial charge is 0.478 e. The fraction of sp³-hybridized carbons (Fsp3) is 0.261. The lowest BCUT2D eigenvalue weighted by molar-refractivity contribution is -0.274. The number of alkyl halides is 3. The summed E-state index contributed by atoms with van der Waals surface area (Å²) >= 11 is 1.44. The quantitative estimate of drug-likeness (QED) is 0.376. The van der Waals surface area contributed by atoms with Crippen molar-refractivity contribution in [2.45, 2.75) is 31.1 Å². The van der Waals surface area contributed by atoms with Crippen molar-refractivity contribution in [1.82, 2.24) is 4.90 Å². The molecule has 2 aromatic rings. The van der Waals surface area contributed by atoms with Crippen LogP contribution in [0.25, 0.3) is 0 Å². The van der Waals surface area contributed by atoms with E-state index in [0.29, 0.717) is 11.3 Å². The van der Waals surface area contributed by atoms with Crippen molar-refractivity contribution >= 4 is 17.7 Å².